The summed E-state index contributed by atoms with van der Waals surface area (Å²) in [6.07, 6.45) is 0.691. The molecule has 21 heavy (non-hydrogen) atoms. The maximum absolute atomic E-state index is 12.2. The molecule has 0 fully saturated rings. The van der Waals surface area contributed by atoms with Gasteiger partial charge >= 0.3 is 58.4 Å². The van der Waals surface area contributed by atoms with Gasteiger partial charge in [-0.25, -0.2) is 0 Å². The van der Waals surface area contributed by atoms with Crippen molar-refractivity contribution in [2.45, 2.75) is 19.5 Å². The summed E-state index contributed by atoms with van der Waals surface area (Å²) >= 11 is 0. The first kappa shape index (κ1) is 18.9. The predicted molar refractivity (Wildman–Crippen MR) is 68.9 cm³/mol. The average molecular weight is 323 g/mol. The Hall–Kier alpha value is -0.189. The van der Waals surface area contributed by atoms with E-state index in [9.17, 15) is 12.9 Å². The van der Waals surface area contributed by atoms with Crippen molar-refractivity contribution in [2.24, 2.45) is 0 Å². The molecule has 0 radical (unpaired) electrons. The number of nitrogens with zero attached hydrogens (tertiary/aromatic N) is 3. The molecule has 9 heteroatoms. The van der Waals surface area contributed by atoms with Crippen LogP contribution in [0.15, 0.2) is 36.5 Å². The van der Waals surface area contributed by atoms with Crippen LogP contribution in [0.3, 0.4) is 0 Å². The van der Waals surface area contributed by atoms with Crippen LogP contribution in [0.1, 0.15) is 11.3 Å². The Morgan fingerprint density at radius 1 is 1.14 bits per heavy atom. The van der Waals surface area contributed by atoms with Gasteiger partial charge in [-0.05, 0) is 5.56 Å². The van der Waals surface area contributed by atoms with E-state index in [1.54, 1.807) is 0 Å². The molecule has 0 saturated carbocycles. The summed E-state index contributed by atoms with van der Waals surface area (Å²) < 4.78 is 42.8. The van der Waals surface area contributed by atoms with Crippen molar-refractivity contribution in [2.75, 3.05) is 6.61 Å². The monoisotopic (exact) mass is 323 g/mol. The van der Waals surface area contributed by atoms with Gasteiger partial charge in [-0.2, -0.15) is 0 Å². The molecule has 0 spiro atoms. The molecule has 0 N–H and O–H groups in total. The Labute approximate surface area is 163 Å². The van der Waals surface area contributed by atoms with E-state index in [4.69, 9.17) is 4.74 Å². The van der Waals surface area contributed by atoms with Gasteiger partial charge in [0, 0.05) is 19.1 Å². The summed E-state index contributed by atoms with van der Waals surface area (Å²) in [5.74, 6) is 0. The summed E-state index contributed by atoms with van der Waals surface area (Å²) in [4.78, 5) is 0. The molecule has 0 amide bonds. The fourth-order valence-corrected chi connectivity index (χ4v) is 1.70. The minimum atomic E-state index is -4.89. The van der Waals surface area contributed by atoms with Gasteiger partial charge in [0.25, 0.3) is 0 Å². The normalized spacial score (nSPS) is 11.2. The molecular formula is C12H14BF3KN3O. The number of halogens is 3. The second-order valence-electron chi connectivity index (χ2n) is 4.43. The Kier molecular flexibility index (Phi) is 8.14. The van der Waals surface area contributed by atoms with Gasteiger partial charge in [0.2, 0.25) is 0 Å². The predicted octanol–water partition coefficient (Wildman–Crippen LogP) is -0.572. The minimum absolute atomic E-state index is 0. The van der Waals surface area contributed by atoms with Gasteiger partial charge in [0.1, 0.15) is 0 Å². The van der Waals surface area contributed by atoms with E-state index in [1.165, 1.54) is 6.20 Å². The molecule has 1 aromatic heterocycles. The largest absolute Gasteiger partial charge is 1.00 e. The van der Waals surface area contributed by atoms with Gasteiger partial charge < -0.3 is 17.7 Å². The molecule has 0 unspecified atom stereocenters. The van der Waals surface area contributed by atoms with Crippen molar-refractivity contribution in [1.29, 1.82) is 0 Å². The maximum atomic E-state index is 12.2. The zero-order chi connectivity index (χ0) is 14.4. The number of hydrogen-bond acceptors (Lipinski definition) is 3. The third-order valence-electron chi connectivity index (χ3n) is 2.59. The van der Waals surface area contributed by atoms with E-state index in [-0.39, 0.29) is 51.4 Å². The summed E-state index contributed by atoms with van der Waals surface area (Å²) in [5.41, 5.74) is 1.55. The fourth-order valence-electron chi connectivity index (χ4n) is 1.70. The van der Waals surface area contributed by atoms with Crippen LogP contribution in [0, 0.1) is 0 Å². The zero-order valence-corrected chi connectivity index (χ0v) is 14.9. The first-order valence-corrected chi connectivity index (χ1v) is 6.24. The molecule has 0 aliphatic heterocycles. The minimum Gasteiger partial charge on any atom is -0.448 e. The zero-order valence-electron chi connectivity index (χ0n) is 11.8. The first-order valence-electron chi connectivity index (χ1n) is 6.24. The molecule has 0 aliphatic rings. The molecule has 1 aromatic carbocycles. The number of ether oxygens (including phenoxy) is 1. The third-order valence-corrected chi connectivity index (χ3v) is 2.59. The summed E-state index contributed by atoms with van der Waals surface area (Å²) in [5, 5.41) is 7.13. The van der Waals surface area contributed by atoms with E-state index in [2.05, 4.69) is 10.3 Å². The van der Waals surface area contributed by atoms with Gasteiger partial charge in [0.05, 0.1) is 18.9 Å². The van der Waals surface area contributed by atoms with E-state index >= 15 is 0 Å². The number of rotatable bonds is 7. The average Bonchev–Trinajstić information content (AvgIpc) is 2.81. The van der Waals surface area contributed by atoms with Crippen molar-refractivity contribution in [1.82, 2.24) is 15.0 Å². The molecule has 108 valence electrons. The quantitative estimate of drug-likeness (QED) is 0.506. The summed E-state index contributed by atoms with van der Waals surface area (Å²) in [7, 11) is 0. The molecule has 0 saturated heterocycles. The molecule has 0 atom stereocenters. The molecule has 0 aliphatic carbocycles. The number of benzene rings is 1. The summed E-state index contributed by atoms with van der Waals surface area (Å²) in [6, 6.07) is 9.65. The molecule has 4 nitrogen and oxygen atoms in total. The second-order valence-corrected chi connectivity index (χ2v) is 4.43. The molecule has 0 bridgehead atoms. The van der Waals surface area contributed by atoms with Crippen LogP contribution in [0.25, 0.3) is 0 Å². The van der Waals surface area contributed by atoms with Crippen LogP contribution in [0.2, 0.25) is 0 Å². The maximum Gasteiger partial charge on any atom is 1.00 e. The Bertz CT molecular complexity index is 536. The third kappa shape index (κ3) is 7.57. The Morgan fingerprint density at radius 2 is 1.86 bits per heavy atom. The van der Waals surface area contributed by atoms with Crippen molar-refractivity contribution in [3.05, 3.63) is 47.8 Å². The SMILES string of the molecule is F[B-](F)(F)Cn1cc(CCOCc2ccccc2)nn1.[K+]. The van der Waals surface area contributed by atoms with Crippen LogP contribution >= 0.6 is 0 Å². The smallest absolute Gasteiger partial charge is 0.448 e. The first-order chi connectivity index (χ1) is 9.53. The van der Waals surface area contributed by atoms with E-state index in [0.717, 1.165) is 10.2 Å². The van der Waals surface area contributed by atoms with Gasteiger partial charge in [-0.1, -0.05) is 35.5 Å². The Balaban J connectivity index is 0.00000220. The van der Waals surface area contributed by atoms with Crippen molar-refractivity contribution in [3.8, 4) is 0 Å². The van der Waals surface area contributed by atoms with Gasteiger partial charge in [-0.15, -0.1) is 5.10 Å². The Morgan fingerprint density at radius 3 is 2.52 bits per heavy atom. The van der Waals surface area contributed by atoms with Crippen LogP contribution in [0.5, 0.6) is 0 Å². The van der Waals surface area contributed by atoms with Crippen molar-refractivity contribution in [3.63, 3.8) is 0 Å². The molecule has 2 rings (SSSR count). The van der Waals surface area contributed by atoms with Crippen molar-refractivity contribution >= 4 is 6.98 Å². The van der Waals surface area contributed by atoms with Gasteiger partial charge in [0.15, 0.2) is 0 Å². The number of aromatic nitrogens is 3. The van der Waals surface area contributed by atoms with E-state index in [1.807, 2.05) is 30.3 Å². The van der Waals surface area contributed by atoms with E-state index < -0.39 is 13.4 Å². The van der Waals surface area contributed by atoms with Crippen LogP contribution < -0.4 is 51.4 Å². The van der Waals surface area contributed by atoms with Gasteiger partial charge in [-0.3, -0.25) is 4.68 Å². The number of hydrogen-bond donors (Lipinski definition) is 0. The standard InChI is InChI=1S/C12H14BF3N3O.K/c14-13(15,16)10-19-8-12(17-18-19)6-7-20-9-11-4-2-1-3-5-11;/h1-5,8H,6-7,9-10H2;/q-1;+1. The molecular weight excluding hydrogens is 309 g/mol. The van der Waals surface area contributed by atoms with Crippen LogP contribution in [-0.4, -0.2) is 28.6 Å². The van der Waals surface area contributed by atoms with Crippen LogP contribution in [0.4, 0.5) is 12.9 Å². The molecule has 2 aromatic rings. The van der Waals surface area contributed by atoms with Crippen LogP contribution in [-0.2, 0) is 24.2 Å². The topological polar surface area (TPSA) is 39.9 Å². The second kappa shape index (κ2) is 9.06. The molecule has 1 heterocycles. The summed E-state index contributed by atoms with van der Waals surface area (Å²) in [6.45, 7) is -4.03. The van der Waals surface area contributed by atoms with Crippen molar-refractivity contribution < 1.29 is 69.1 Å². The van der Waals surface area contributed by atoms with E-state index in [0.29, 0.717) is 25.3 Å². The fraction of sp³-hybridized carbons (Fsp3) is 0.333.